The van der Waals surface area contributed by atoms with Gasteiger partial charge in [0.15, 0.2) is 0 Å². The zero-order chi connectivity index (χ0) is 25.0. The lowest BCUT2D eigenvalue weighted by molar-refractivity contribution is -0.159. The molecule has 2 N–H and O–H groups in total. The zero-order valence-corrected chi connectivity index (χ0v) is 22.1. The summed E-state index contributed by atoms with van der Waals surface area (Å²) in [6.07, 6.45) is 21.7. The lowest BCUT2D eigenvalue weighted by atomic mass is 10.0. The van der Waals surface area contributed by atoms with Crippen molar-refractivity contribution in [3.05, 3.63) is 0 Å². The minimum Gasteiger partial charge on any atom is -0.480 e. The van der Waals surface area contributed by atoms with E-state index in [0.29, 0.717) is 12.8 Å². The van der Waals surface area contributed by atoms with Gasteiger partial charge in [0.05, 0.1) is 6.42 Å². The third kappa shape index (κ3) is 13.3. The number of carboxylic acid groups (broad SMARTS) is 1. The Bertz CT molecular complexity index is 567. The predicted molar refractivity (Wildman–Crippen MR) is 139 cm³/mol. The van der Waals surface area contributed by atoms with E-state index in [-0.39, 0.29) is 18.2 Å². The summed E-state index contributed by atoms with van der Waals surface area (Å²) >= 11 is 0. The Morgan fingerprint density at radius 3 is 1.68 bits per heavy atom. The average Bonchev–Trinajstić information content (AvgIpc) is 2.81. The lowest BCUT2D eigenvalue weighted by Crippen LogP contribution is -2.62. The number of hydrogen-bond donors (Lipinski definition) is 2. The number of carboxylic acids is 1. The fraction of sp³-hybridized carbons (Fsp3) is 0.893. The Morgan fingerprint density at radius 2 is 1.21 bits per heavy atom. The van der Waals surface area contributed by atoms with Crippen LogP contribution in [-0.2, 0) is 14.4 Å². The molecule has 1 aliphatic rings. The van der Waals surface area contributed by atoms with Gasteiger partial charge in [-0.1, -0.05) is 117 Å². The van der Waals surface area contributed by atoms with E-state index < -0.39 is 18.2 Å². The van der Waals surface area contributed by atoms with E-state index in [1.807, 2.05) is 0 Å². The highest BCUT2D eigenvalue weighted by Gasteiger charge is 2.40. The SMILES string of the molecule is CCCCCCCCCCCC(=O)N1C(CCCCCCCCCCC)NC(=O)CC1C(=O)O. The van der Waals surface area contributed by atoms with Crippen molar-refractivity contribution < 1.29 is 19.5 Å². The van der Waals surface area contributed by atoms with E-state index in [1.165, 1.54) is 81.9 Å². The number of nitrogens with zero attached hydrogens (tertiary/aromatic N) is 1. The van der Waals surface area contributed by atoms with Crippen LogP contribution in [0.15, 0.2) is 0 Å². The normalized spacial score (nSPS) is 18.2. The minimum absolute atomic E-state index is 0.128. The fourth-order valence-corrected chi connectivity index (χ4v) is 4.93. The van der Waals surface area contributed by atoms with Crippen LogP contribution in [0, 0.1) is 0 Å². The van der Waals surface area contributed by atoms with Gasteiger partial charge in [-0.25, -0.2) is 4.79 Å². The molecule has 0 aliphatic carbocycles. The van der Waals surface area contributed by atoms with Crippen molar-refractivity contribution in [1.29, 1.82) is 0 Å². The minimum atomic E-state index is -1.08. The van der Waals surface area contributed by atoms with Crippen molar-refractivity contribution >= 4 is 17.8 Å². The first-order valence-corrected chi connectivity index (χ1v) is 14.3. The van der Waals surface area contributed by atoms with Crippen LogP contribution in [0.5, 0.6) is 0 Å². The number of rotatable bonds is 21. The van der Waals surface area contributed by atoms with Crippen LogP contribution >= 0.6 is 0 Å². The number of amides is 2. The third-order valence-corrected chi connectivity index (χ3v) is 7.03. The maximum Gasteiger partial charge on any atom is 0.327 e. The summed E-state index contributed by atoms with van der Waals surface area (Å²) in [5.41, 5.74) is 0. The molecule has 1 rings (SSSR count). The summed E-state index contributed by atoms with van der Waals surface area (Å²) in [5.74, 6) is -1.47. The maximum atomic E-state index is 13.0. The Kier molecular flexibility index (Phi) is 17.6. The summed E-state index contributed by atoms with van der Waals surface area (Å²) in [6, 6.07) is -1.04. The van der Waals surface area contributed by atoms with Crippen LogP contribution in [0.1, 0.15) is 149 Å². The number of unbranched alkanes of at least 4 members (excludes halogenated alkanes) is 16. The van der Waals surface area contributed by atoms with E-state index in [0.717, 1.165) is 38.5 Å². The molecule has 1 aliphatic heterocycles. The first-order valence-electron chi connectivity index (χ1n) is 14.3. The van der Waals surface area contributed by atoms with Gasteiger partial charge in [0.25, 0.3) is 0 Å². The Labute approximate surface area is 208 Å². The quantitative estimate of drug-likeness (QED) is 0.174. The van der Waals surface area contributed by atoms with Crippen LogP contribution in [0.4, 0.5) is 0 Å². The smallest absolute Gasteiger partial charge is 0.327 e. The Morgan fingerprint density at radius 1 is 0.765 bits per heavy atom. The summed E-state index contributed by atoms with van der Waals surface area (Å²) in [5, 5.41) is 12.6. The second-order valence-corrected chi connectivity index (χ2v) is 10.1. The molecular formula is C28H52N2O4. The monoisotopic (exact) mass is 480 g/mol. The molecule has 0 radical (unpaired) electrons. The Hall–Kier alpha value is -1.59. The number of carbonyl (C=O) groups excluding carboxylic acids is 2. The van der Waals surface area contributed by atoms with Crippen molar-refractivity contribution in [2.75, 3.05) is 0 Å². The largest absolute Gasteiger partial charge is 0.480 e. The molecule has 1 fully saturated rings. The van der Waals surface area contributed by atoms with E-state index in [2.05, 4.69) is 19.2 Å². The summed E-state index contributed by atoms with van der Waals surface area (Å²) in [4.78, 5) is 38.4. The molecule has 0 aromatic rings. The second kappa shape index (κ2) is 19.7. The van der Waals surface area contributed by atoms with E-state index in [4.69, 9.17) is 0 Å². The van der Waals surface area contributed by atoms with Gasteiger partial charge in [-0.2, -0.15) is 0 Å². The van der Waals surface area contributed by atoms with Crippen molar-refractivity contribution in [2.24, 2.45) is 0 Å². The van der Waals surface area contributed by atoms with Crippen LogP contribution in [0.2, 0.25) is 0 Å². The molecule has 1 heterocycles. The zero-order valence-electron chi connectivity index (χ0n) is 22.1. The van der Waals surface area contributed by atoms with Gasteiger partial charge in [-0.05, 0) is 19.3 Å². The highest BCUT2D eigenvalue weighted by Crippen LogP contribution is 2.22. The maximum absolute atomic E-state index is 13.0. The van der Waals surface area contributed by atoms with Crippen molar-refractivity contribution in [3.63, 3.8) is 0 Å². The molecule has 0 aromatic heterocycles. The van der Waals surface area contributed by atoms with Gasteiger partial charge in [-0.15, -0.1) is 0 Å². The van der Waals surface area contributed by atoms with Gasteiger partial charge in [0, 0.05) is 6.42 Å². The lowest BCUT2D eigenvalue weighted by Gasteiger charge is -2.40. The molecule has 2 atom stereocenters. The number of aliphatic carboxylic acids is 1. The molecule has 34 heavy (non-hydrogen) atoms. The third-order valence-electron chi connectivity index (χ3n) is 7.03. The number of nitrogens with one attached hydrogen (secondary N) is 1. The Balaban J connectivity index is 2.39. The van der Waals surface area contributed by atoms with Crippen LogP contribution in [0.3, 0.4) is 0 Å². The second-order valence-electron chi connectivity index (χ2n) is 10.1. The van der Waals surface area contributed by atoms with Gasteiger partial charge in [-0.3, -0.25) is 9.59 Å². The molecule has 0 aromatic carbocycles. The molecule has 6 nitrogen and oxygen atoms in total. The predicted octanol–water partition coefficient (Wildman–Crippen LogP) is 6.96. The average molecular weight is 481 g/mol. The van der Waals surface area contributed by atoms with Crippen LogP contribution in [0.25, 0.3) is 0 Å². The molecule has 2 amide bonds. The summed E-state index contributed by atoms with van der Waals surface area (Å²) < 4.78 is 0. The molecule has 6 heteroatoms. The number of carbonyl (C=O) groups is 3. The summed E-state index contributed by atoms with van der Waals surface area (Å²) in [6.45, 7) is 4.45. The first-order chi connectivity index (χ1) is 16.5. The summed E-state index contributed by atoms with van der Waals surface area (Å²) in [7, 11) is 0. The van der Waals surface area contributed by atoms with Crippen molar-refractivity contribution in [2.45, 2.75) is 161 Å². The van der Waals surface area contributed by atoms with E-state index >= 15 is 0 Å². The van der Waals surface area contributed by atoms with Crippen molar-refractivity contribution in [3.8, 4) is 0 Å². The topological polar surface area (TPSA) is 86.7 Å². The molecule has 0 spiro atoms. The van der Waals surface area contributed by atoms with Gasteiger partial charge in [0.2, 0.25) is 11.8 Å². The highest BCUT2D eigenvalue weighted by molar-refractivity contribution is 5.91. The molecule has 0 saturated carbocycles. The van der Waals surface area contributed by atoms with Crippen LogP contribution in [-0.4, -0.2) is 40.0 Å². The molecule has 0 bridgehead atoms. The van der Waals surface area contributed by atoms with E-state index in [1.54, 1.807) is 0 Å². The fourth-order valence-electron chi connectivity index (χ4n) is 4.93. The molecule has 2 unspecified atom stereocenters. The van der Waals surface area contributed by atoms with Gasteiger partial charge >= 0.3 is 5.97 Å². The van der Waals surface area contributed by atoms with Gasteiger partial charge in [0.1, 0.15) is 12.2 Å². The van der Waals surface area contributed by atoms with Crippen LogP contribution < -0.4 is 5.32 Å². The van der Waals surface area contributed by atoms with Crippen molar-refractivity contribution in [1.82, 2.24) is 10.2 Å². The molecule has 1 saturated heterocycles. The standard InChI is InChI=1S/C28H52N2O4/c1-3-5-7-9-11-13-15-17-19-21-25-29-26(31)23-24(28(33)34)30(25)27(32)22-20-18-16-14-12-10-8-6-4-2/h24-25H,3-23H2,1-2H3,(H,29,31)(H,33,34). The molecule has 198 valence electrons. The number of hydrogen-bond acceptors (Lipinski definition) is 3. The highest BCUT2D eigenvalue weighted by atomic mass is 16.4. The van der Waals surface area contributed by atoms with E-state index in [9.17, 15) is 19.5 Å². The first kappa shape index (κ1) is 30.4. The molecular weight excluding hydrogens is 428 g/mol. The van der Waals surface area contributed by atoms with Gasteiger partial charge < -0.3 is 15.3 Å².